The summed E-state index contributed by atoms with van der Waals surface area (Å²) >= 11 is 0. The van der Waals surface area contributed by atoms with E-state index in [0.29, 0.717) is 54.4 Å². The van der Waals surface area contributed by atoms with Crippen LogP contribution in [-0.4, -0.2) is 82.4 Å². The summed E-state index contributed by atoms with van der Waals surface area (Å²) in [5.74, 6) is 1.32. The second-order valence-electron chi connectivity index (χ2n) is 15.8. The van der Waals surface area contributed by atoms with Crippen LogP contribution in [0.15, 0.2) is 131 Å². The number of aromatic nitrogens is 1. The van der Waals surface area contributed by atoms with Crippen LogP contribution < -0.4 is 20.9 Å². The van der Waals surface area contributed by atoms with Crippen LogP contribution in [0.3, 0.4) is 0 Å². The predicted octanol–water partition coefficient (Wildman–Crippen LogP) is 6.67. The fourth-order valence-electron chi connectivity index (χ4n) is 8.35. The smallest absolute Gasteiger partial charge is 0.408 e. The second kappa shape index (κ2) is 19.3. The topological polar surface area (TPSA) is 170 Å². The molecule has 5 heterocycles. The Balaban J connectivity index is 0.877. The van der Waals surface area contributed by atoms with Crippen molar-refractivity contribution in [2.45, 2.75) is 50.7 Å². The van der Waals surface area contributed by atoms with Crippen LogP contribution in [0.25, 0.3) is 10.9 Å². The number of benzene rings is 4. The van der Waals surface area contributed by atoms with Crippen molar-refractivity contribution in [3.8, 4) is 11.5 Å². The minimum Gasteiger partial charge on any atom is -0.506 e. The number of fused-ring (bicyclic) bond motifs is 4. The minimum absolute atomic E-state index is 0.0674. The number of phenols is 1. The van der Waals surface area contributed by atoms with Gasteiger partial charge in [-0.15, -0.1) is 0 Å². The summed E-state index contributed by atoms with van der Waals surface area (Å²) in [5, 5.41) is 28.1. The van der Waals surface area contributed by atoms with E-state index in [9.17, 15) is 24.6 Å². The highest BCUT2D eigenvalue weighted by Gasteiger charge is 2.37. The molecule has 13 nitrogen and oxygen atoms in total. The molecule has 5 N–H and O–H groups in total. The summed E-state index contributed by atoms with van der Waals surface area (Å²) in [6.45, 7) is 4.53. The number of pyridine rings is 1. The lowest BCUT2D eigenvalue weighted by molar-refractivity contribution is -0.0336. The molecule has 0 saturated carbocycles. The summed E-state index contributed by atoms with van der Waals surface area (Å²) in [6, 6.07) is 36.1. The number of alkyl carbamates (subject to hydrolysis) is 1. The quantitative estimate of drug-likeness (QED) is 0.0627. The molecule has 3 aliphatic rings. The maximum atomic E-state index is 13.9. The van der Waals surface area contributed by atoms with E-state index in [0.717, 1.165) is 49.2 Å². The first-order chi connectivity index (χ1) is 29.8. The Morgan fingerprint density at radius 1 is 0.902 bits per heavy atom. The van der Waals surface area contributed by atoms with Crippen LogP contribution in [0.1, 0.15) is 70.0 Å². The fourth-order valence-corrected chi connectivity index (χ4v) is 8.35. The van der Waals surface area contributed by atoms with Crippen molar-refractivity contribution >= 4 is 22.9 Å². The van der Waals surface area contributed by atoms with E-state index in [-0.39, 0.29) is 47.7 Å². The van der Waals surface area contributed by atoms with Gasteiger partial charge in [0.15, 0.2) is 5.76 Å². The third-order valence-electron chi connectivity index (χ3n) is 11.6. The molecule has 0 radical (unpaired) electrons. The predicted molar refractivity (Wildman–Crippen MR) is 230 cm³/mol. The number of nitrogens with one attached hydrogen (secondary N) is 3. The molecule has 3 atom stereocenters. The molecule has 2 bridgehead atoms. The van der Waals surface area contributed by atoms with Gasteiger partial charge < -0.3 is 44.6 Å². The van der Waals surface area contributed by atoms with Gasteiger partial charge in [-0.3, -0.25) is 14.5 Å². The number of piperidine rings is 3. The van der Waals surface area contributed by atoms with Crippen molar-refractivity contribution in [2.24, 2.45) is 5.92 Å². The lowest BCUT2D eigenvalue weighted by Crippen LogP contribution is -2.52. The number of aliphatic hydroxyl groups excluding tert-OH is 1. The first kappa shape index (κ1) is 41.3. The number of aromatic amines is 1. The number of rotatable bonds is 17. The maximum absolute atomic E-state index is 13.9. The molecule has 0 spiro atoms. The number of hydrogen-bond donors (Lipinski definition) is 5. The summed E-state index contributed by atoms with van der Waals surface area (Å²) in [5.41, 5.74) is 3.23. The average molecular weight is 826 g/mol. The SMILES string of the molecule is O=C(N[C@@H](c1ccccc1)c1cccc(OCc2ccc(C(=O)N(CCCNC[C@H](O)c3ccc(O)c4[nH]c(=O)ccc34)Cc3ccccc3)o2)c1)O[C@H]1CN2CCC1CC2. The molecular formula is C48H51N5O8. The van der Waals surface area contributed by atoms with Crippen molar-refractivity contribution in [2.75, 3.05) is 39.3 Å². The van der Waals surface area contributed by atoms with Crippen LogP contribution in [0.5, 0.6) is 11.5 Å². The molecular weight excluding hydrogens is 775 g/mol. The van der Waals surface area contributed by atoms with Gasteiger partial charge in [-0.2, -0.15) is 0 Å². The normalized spacial score (nSPS) is 18.0. The fraction of sp³-hybridized carbons (Fsp3) is 0.312. The van der Waals surface area contributed by atoms with Crippen molar-refractivity contribution in [3.63, 3.8) is 0 Å². The average Bonchev–Trinajstić information content (AvgIpc) is 3.77. The Labute approximate surface area is 353 Å². The number of carbonyl (C=O) groups excluding carboxylic acids is 2. The number of hydrogen-bond acceptors (Lipinski definition) is 10. The number of aromatic hydroxyl groups is 1. The first-order valence-corrected chi connectivity index (χ1v) is 20.9. The van der Waals surface area contributed by atoms with Crippen LogP contribution in [0.2, 0.25) is 0 Å². The van der Waals surface area contributed by atoms with Gasteiger partial charge in [-0.1, -0.05) is 78.9 Å². The Morgan fingerprint density at radius 2 is 1.67 bits per heavy atom. The second-order valence-corrected chi connectivity index (χ2v) is 15.8. The number of nitrogens with zero attached hydrogens (tertiary/aromatic N) is 2. The number of furan rings is 1. The first-order valence-electron chi connectivity index (χ1n) is 20.9. The van der Waals surface area contributed by atoms with Crippen LogP contribution in [0.4, 0.5) is 4.79 Å². The largest absolute Gasteiger partial charge is 0.506 e. The highest BCUT2D eigenvalue weighted by molar-refractivity contribution is 5.91. The summed E-state index contributed by atoms with van der Waals surface area (Å²) < 4.78 is 18.2. The third-order valence-corrected chi connectivity index (χ3v) is 11.6. The Kier molecular flexibility index (Phi) is 13.1. The molecule has 9 rings (SSSR count). The van der Waals surface area contributed by atoms with Gasteiger partial charge >= 0.3 is 6.09 Å². The van der Waals surface area contributed by atoms with Gasteiger partial charge in [-0.05, 0) is 103 Å². The van der Waals surface area contributed by atoms with Crippen LogP contribution in [0, 0.1) is 5.92 Å². The summed E-state index contributed by atoms with van der Waals surface area (Å²) in [4.78, 5) is 45.7. The van der Waals surface area contributed by atoms with Gasteiger partial charge in [0.1, 0.15) is 30.0 Å². The zero-order valence-corrected chi connectivity index (χ0v) is 33.9. The monoisotopic (exact) mass is 825 g/mol. The van der Waals surface area contributed by atoms with Crippen molar-refractivity contribution in [3.05, 3.63) is 165 Å². The number of H-pyrrole nitrogens is 1. The molecule has 0 aliphatic carbocycles. The minimum atomic E-state index is -0.896. The lowest BCUT2D eigenvalue weighted by Gasteiger charge is -2.43. The molecule has 6 aromatic rings. The Hall–Kier alpha value is -6.41. The lowest BCUT2D eigenvalue weighted by atomic mass is 9.86. The van der Waals surface area contributed by atoms with Gasteiger partial charge in [-0.25, -0.2) is 4.79 Å². The molecule has 2 aromatic heterocycles. The molecule has 3 saturated heterocycles. The standard InChI is InChI=1S/C48H51N5O8/c54-40-18-16-38(39-17-20-44(56)50-46(39)40)41(55)28-49-23-8-24-53(29-32-9-3-1-4-10-32)47(57)42-19-15-37(60-42)31-59-36-14-7-13-35(27-36)45(34-11-5-2-6-12-34)51-48(58)61-43-30-52-25-21-33(43)22-26-52/h1-7,9-20,27,33,41,43,45,49,54-55H,8,21-26,28-31H2,(H,50,56)(H,51,58)/t41-,43-,45-/m0/s1. The van der Waals surface area contributed by atoms with E-state index < -0.39 is 18.2 Å². The zero-order chi connectivity index (χ0) is 42.1. The molecule has 13 heteroatoms. The van der Waals surface area contributed by atoms with E-state index >= 15 is 0 Å². The van der Waals surface area contributed by atoms with E-state index in [4.69, 9.17) is 13.9 Å². The maximum Gasteiger partial charge on any atom is 0.408 e. The molecule has 61 heavy (non-hydrogen) atoms. The molecule has 0 unspecified atom stereocenters. The molecule has 316 valence electrons. The van der Waals surface area contributed by atoms with Crippen LogP contribution in [-0.2, 0) is 17.9 Å². The van der Waals surface area contributed by atoms with E-state index in [1.54, 1.807) is 29.2 Å². The van der Waals surface area contributed by atoms with Gasteiger partial charge in [0.2, 0.25) is 5.56 Å². The van der Waals surface area contributed by atoms with Crippen molar-refractivity contribution < 1.29 is 33.7 Å². The molecule has 3 fully saturated rings. The molecule has 2 amide bonds. The number of carbonyl (C=O) groups is 2. The van der Waals surface area contributed by atoms with Crippen molar-refractivity contribution in [1.82, 2.24) is 25.4 Å². The Bertz CT molecular complexity index is 2470. The number of amides is 2. The van der Waals surface area contributed by atoms with Gasteiger partial charge in [0.05, 0.1) is 17.7 Å². The zero-order valence-electron chi connectivity index (χ0n) is 33.9. The molecule has 3 aliphatic heterocycles. The molecule has 4 aromatic carbocycles. The van der Waals surface area contributed by atoms with Crippen LogP contribution >= 0.6 is 0 Å². The third kappa shape index (κ3) is 10.3. The highest BCUT2D eigenvalue weighted by atomic mass is 16.6. The number of phenolic OH excluding ortho intramolecular Hbond substituents is 1. The number of aliphatic hydroxyl groups is 1. The van der Waals surface area contributed by atoms with Gasteiger partial charge in [0.25, 0.3) is 5.91 Å². The number of ether oxygens (including phenoxy) is 2. The van der Waals surface area contributed by atoms with E-state index in [2.05, 4.69) is 20.5 Å². The summed E-state index contributed by atoms with van der Waals surface area (Å²) in [7, 11) is 0. The van der Waals surface area contributed by atoms with E-state index in [1.807, 2.05) is 84.9 Å². The summed E-state index contributed by atoms with van der Waals surface area (Å²) in [6.07, 6.45) is 1.25. The van der Waals surface area contributed by atoms with Gasteiger partial charge in [0, 0.05) is 37.6 Å². The van der Waals surface area contributed by atoms with Crippen molar-refractivity contribution in [1.29, 1.82) is 0 Å². The van der Waals surface area contributed by atoms with E-state index in [1.165, 1.54) is 12.1 Å². The highest BCUT2D eigenvalue weighted by Crippen LogP contribution is 2.32. The Morgan fingerprint density at radius 3 is 2.44 bits per heavy atom.